The second-order valence-electron chi connectivity index (χ2n) is 6.05. The van der Waals surface area contributed by atoms with Crippen molar-refractivity contribution in [3.63, 3.8) is 0 Å². The van der Waals surface area contributed by atoms with E-state index in [0.717, 1.165) is 43.4 Å². The SMILES string of the molecule is CC1CN(C(=O)C2(c3ccc(Br)cc3)CCC2)CCN1.Cl. The van der Waals surface area contributed by atoms with Crippen molar-refractivity contribution in [1.29, 1.82) is 0 Å². The maximum Gasteiger partial charge on any atom is 0.233 e. The summed E-state index contributed by atoms with van der Waals surface area (Å²) in [4.78, 5) is 15.1. The minimum Gasteiger partial charge on any atom is -0.339 e. The first-order valence-electron chi connectivity index (χ1n) is 7.41. The molecule has 1 N–H and O–H groups in total. The van der Waals surface area contributed by atoms with Gasteiger partial charge in [-0.05, 0) is 37.5 Å². The molecule has 1 saturated carbocycles. The molecule has 3 nitrogen and oxygen atoms in total. The fourth-order valence-electron chi connectivity index (χ4n) is 3.34. The maximum atomic E-state index is 13.0. The molecule has 1 saturated heterocycles. The van der Waals surface area contributed by atoms with Crippen LogP contribution in [0.15, 0.2) is 28.7 Å². The van der Waals surface area contributed by atoms with E-state index in [-0.39, 0.29) is 17.8 Å². The number of hydrogen-bond donors (Lipinski definition) is 1. The minimum absolute atomic E-state index is 0. The van der Waals surface area contributed by atoms with Gasteiger partial charge < -0.3 is 10.2 Å². The number of nitrogens with one attached hydrogen (secondary N) is 1. The molecule has 1 unspecified atom stereocenters. The van der Waals surface area contributed by atoms with Crippen LogP contribution in [0.2, 0.25) is 0 Å². The molecule has 0 spiro atoms. The van der Waals surface area contributed by atoms with E-state index in [0.29, 0.717) is 11.9 Å². The number of rotatable bonds is 2. The molecule has 2 aliphatic rings. The van der Waals surface area contributed by atoms with Gasteiger partial charge in [0.2, 0.25) is 5.91 Å². The van der Waals surface area contributed by atoms with E-state index >= 15 is 0 Å². The van der Waals surface area contributed by atoms with Crippen molar-refractivity contribution in [1.82, 2.24) is 10.2 Å². The molecule has 2 fully saturated rings. The van der Waals surface area contributed by atoms with Gasteiger partial charge in [-0.1, -0.05) is 34.5 Å². The van der Waals surface area contributed by atoms with E-state index in [2.05, 4.69) is 45.2 Å². The van der Waals surface area contributed by atoms with Gasteiger partial charge >= 0.3 is 0 Å². The molecule has 1 aliphatic heterocycles. The molecular weight excluding hydrogens is 352 g/mol. The normalized spacial score (nSPS) is 23.9. The highest BCUT2D eigenvalue weighted by Gasteiger charge is 2.47. The summed E-state index contributed by atoms with van der Waals surface area (Å²) < 4.78 is 1.07. The summed E-state index contributed by atoms with van der Waals surface area (Å²) in [6, 6.07) is 8.70. The first-order valence-corrected chi connectivity index (χ1v) is 8.20. The molecule has 1 aliphatic carbocycles. The fraction of sp³-hybridized carbons (Fsp3) is 0.562. The molecule has 1 aromatic rings. The third kappa shape index (κ3) is 3.13. The molecule has 116 valence electrons. The molecule has 1 heterocycles. The molecule has 0 radical (unpaired) electrons. The summed E-state index contributed by atoms with van der Waals surface area (Å²) in [5.41, 5.74) is 0.931. The predicted octanol–water partition coefficient (Wildman–Crippen LogP) is 3.11. The summed E-state index contributed by atoms with van der Waals surface area (Å²) >= 11 is 3.47. The van der Waals surface area contributed by atoms with Crippen molar-refractivity contribution in [3.8, 4) is 0 Å². The molecule has 1 atom stereocenters. The zero-order chi connectivity index (χ0) is 14.2. The Morgan fingerprint density at radius 3 is 2.52 bits per heavy atom. The summed E-state index contributed by atoms with van der Waals surface area (Å²) in [5.74, 6) is 0.333. The lowest BCUT2D eigenvalue weighted by atomic mass is 9.63. The Morgan fingerprint density at radius 1 is 1.33 bits per heavy atom. The topological polar surface area (TPSA) is 32.3 Å². The van der Waals surface area contributed by atoms with Gasteiger partial charge in [0.1, 0.15) is 0 Å². The van der Waals surface area contributed by atoms with Crippen molar-refractivity contribution < 1.29 is 4.79 Å². The summed E-state index contributed by atoms with van der Waals surface area (Å²) in [7, 11) is 0. The predicted molar refractivity (Wildman–Crippen MR) is 91.0 cm³/mol. The number of carbonyl (C=O) groups excluding carboxylic acids is 1. The van der Waals surface area contributed by atoms with E-state index in [1.807, 2.05) is 12.1 Å². The number of amides is 1. The number of halogens is 2. The summed E-state index contributed by atoms with van der Waals surface area (Å²) in [6.45, 7) is 4.72. The molecule has 3 rings (SSSR count). The van der Waals surface area contributed by atoms with Crippen LogP contribution in [0.3, 0.4) is 0 Å². The van der Waals surface area contributed by atoms with Gasteiger partial charge in [0, 0.05) is 30.1 Å². The highest BCUT2D eigenvalue weighted by atomic mass is 79.9. The number of nitrogens with zero attached hydrogens (tertiary/aromatic N) is 1. The van der Waals surface area contributed by atoms with E-state index < -0.39 is 0 Å². The highest BCUT2D eigenvalue weighted by molar-refractivity contribution is 9.10. The van der Waals surface area contributed by atoms with Crippen molar-refractivity contribution in [3.05, 3.63) is 34.3 Å². The van der Waals surface area contributed by atoms with Crippen molar-refractivity contribution in [2.45, 2.75) is 37.6 Å². The first-order chi connectivity index (χ1) is 9.62. The van der Waals surface area contributed by atoms with Crippen LogP contribution in [0.5, 0.6) is 0 Å². The lowest BCUT2D eigenvalue weighted by molar-refractivity contribution is -0.142. The Bertz CT molecular complexity index is 502. The van der Waals surface area contributed by atoms with Crippen LogP contribution in [0.25, 0.3) is 0 Å². The fourth-order valence-corrected chi connectivity index (χ4v) is 3.61. The average Bonchev–Trinajstić information content (AvgIpc) is 2.39. The Hall–Kier alpha value is -0.580. The molecule has 1 amide bonds. The van der Waals surface area contributed by atoms with Gasteiger partial charge in [-0.2, -0.15) is 0 Å². The number of benzene rings is 1. The van der Waals surface area contributed by atoms with Gasteiger partial charge in [0.05, 0.1) is 5.41 Å². The standard InChI is InChI=1S/C16H21BrN2O.ClH/c1-12-11-19(10-9-18-12)15(20)16(7-2-8-16)13-3-5-14(17)6-4-13;/h3-6,12,18H,2,7-11H2,1H3;1H. The van der Waals surface area contributed by atoms with Crippen LogP contribution in [0.4, 0.5) is 0 Å². The van der Waals surface area contributed by atoms with Crippen LogP contribution in [-0.4, -0.2) is 36.5 Å². The van der Waals surface area contributed by atoms with Crippen LogP contribution in [0, 0.1) is 0 Å². The number of hydrogen-bond acceptors (Lipinski definition) is 2. The molecule has 21 heavy (non-hydrogen) atoms. The van der Waals surface area contributed by atoms with E-state index in [4.69, 9.17) is 0 Å². The number of carbonyl (C=O) groups is 1. The Kier molecular flexibility index (Phi) is 5.33. The largest absolute Gasteiger partial charge is 0.339 e. The van der Waals surface area contributed by atoms with Crippen LogP contribution in [-0.2, 0) is 10.2 Å². The van der Waals surface area contributed by atoms with Crippen LogP contribution >= 0.6 is 28.3 Å². The van der Waals surface area contributed by atoms with Gasteiger partial charge in [-0.3, -0.25) is 4.79 Å². The third-order valence-electron chi connectivity index (χ3n) is 4.67. The molecular formula is C16H22BrClN2O. The van der Waals surface area contributed by atoms with Gasteiger partial charge in [-0.25, -0.2) is 0 Å². The zero-order valence-corrected chi connectivity index (χ0v) is 14.7. The maximum absolute atomic E-state index is 13.0. The third-order valence-corrected chi connectivity index (χ3v) is 5.20. The Balaban J connectivity index is 0.00000161. The van der Waals surface area contributed by atoms with Crippen LogP contribution < -0.4 is 5.32 Å². The van der Waals surface area contributed by atoms with Crippen molar-refractivity contribution >= 4 is 34.2 Å². The number of piperazine rings is 1. The van der Waals surface area contributed by atoms with E-state index in [1.54, 1.807) is 0 Å². The zero-order valence-electron chi connectivity index (χ0n) is 12.3. The quantitative estimate of drug-likeness (QED) is 0.864. The lowest BCUT2D eigenvalue weighted by Gasteiger charge is -2.45. The molecule has 0 bridgehead atoms. The lowest BCUT2D eigenvalue weighted by Crippen LogP contribution is -2.58. The molecule has 5 heteroatoms. The van der Waals surface area contributed by atoms with Gasteiger partial charge in [0.25, 0.3) is 0 Å². The van der Waals surface area contributed by atoms with Crippen LogP contribution in [0.1, 0.15) is 31.7 Å². The van der Waals surface area contributed by atoms with E-state index in [9.17, 15) is 4.79 Å². The minimum atomic E-state index is -0.252. The Morgan fingerprint density at radius 2 is 2.00 bits per heavy atom. The molecule has 1 aromatic carbocycles. The Labute approximate surface area is 141 Å². The van der Waals surface area contributed by atoms with E-state index in [1.165, 1.54) is 5.56 Å². The van der Waals surface area contributed by atoms with Gasteiger partial charge in [0.15, 0.2) is 0 Å². The monoisotopic (exact) mass is 372 g/mol. The smallest absolute Gasteiger partial charge is 0.233 e. The molecule has 0 aromatic heterocycles. The first kappa shape index (κ1) is 16.8. The van der Waals surface area contributed by atoms with Gasteiger partial charge in [-0.15, -0.1) is 12.4 Å². The summed E-state index contributed by atoms with van der Waals surface area (Å²) in [6.07, 6.45) is 3.14. The second kappa shape index (κ2) is 6.67. The van der Waals surface area contributed by atoms with Crippen molar-refractivity contribution in [2.75, 3.05) is 19.6 Å². The second-order valence-corrected chi connectivity index (χ2v) is 6.96. The highest BCUT2D eigenvalue weighted by Crippen LogP contribution is 2.45. The summed E-state index contributed by atoms with van der Waals surface area (Å²) in [5, 5.41) is 3.40. The average molecular weight is 374 g/mol. The van der Waals surface area contributed by atoms with Crippen molar-refractivity contribution in [2.24, 2.45) is 0 Å².